The molecule has 0 radical (unpaired) electrons. The minimum atomic E-state index is -0.581. The molecular weight excluding hydrogens is 332 g/mol. The molecule has 6 fully saturated rings. The van der Waals surface area contributed by atoms with Crippen LogP contribution in [0.5, 0.6) is 0 Å². The molecule has 0 amide bonds. The first-order valence-corrected chi connectivity index (χ1v) is 10.6. The Labute approximate surface area is 155 Å². The molecule has 6 rings (SSSR count). The molecule has 26 heavy (non-hydrogen) atoms. The highest BCUT2D eigenvalue weighted by Crippen LogP contribution is 2.80. The highest BCUT2D eigenvalue weighted by atomic mass is 16.7. The Morgan fingerprint density at radius 2 is 1.73 bits per heavy atom. The zero-order valence-corrected chi connectivity index (χ0v) is 16.1. The van der Waals surface area contributed by atoms with E-state index < -0.39 is 11.9 Å². The van der Waals surface area contributed by atoms with Gasteiger partial charge in [-0.3, -0.25) is 0 Å². The number of epoxide rings is 1. The lowest BCUT2D eigenvalue weighted by Gasteiger charge is -2.60. The average molecular weight is 364 g/mol. The molecule has 2 N–H and O–H groups in total. The smallest absolute Gasteiger partial charge is 0.175 e. The van der Waals surface area contributed by atoms with Crippen LogP contribution in [0.2, 0.25) is 0 Å². The number of ether oxygens (including phenoxy) is 3. The summed E-state index contributed by atoms with van der Waals surface area (Å²) in [5.41, 5.74) is -0.334. The first kappa shape index (κ1) is 16.7. The zero-order chi connectivity index (χ0) is 18.1. The second kappa shape index (κ2) is 4.68. The lowest BCUT2D eigenvalue weighted by atomic mass is 9.45. The standard InChI is InChI=1S/C21H32O5/c1-11-12-4-7-20-14(18(12,2)6-5-13(11)22)10-21(24-8-9-25-21)17(20)19(3)16(26-19)15(20)23/h11-17,22-23H,4-10H2,1-3H3/t11-,12-,13+,14+,15-,16+,17-,18-,19+,20?/m1/s1. The van der Waals surface area contributed by atoms with Crippen LogP contribution in [0, 0.1) is 34.5 Å². The molecule has 5 heteroatoms. The summed E-state index contributed by atoms with van der Waals surface area (Å²) >= 11 is 0. The third kappa shape index (κ3) is 1.57. The van der Waals surface area contributed by atoms with Crippen molar-refractivity contribution >= 4 is 0 Å². The summed E-state index contributed by atoms with van der Waals surface area (Å²) < 4.78 is 18.7. The molecule has 5 nitrogen and oxygen atoms in total. The van der Waals surface area contributed by atoms with E-state index in [2.05, 4.69) is 20.8 Å². The number of fused-ring (bicyclic) bond motifs is 5. The fourth-order valence-electron chi connectivity index (χ4n) is 8.96. The van der Waals surface area contributed by atoms with E-state index in [1.807, 2.05) is 0 Å². The normalized spacial score (nSPS) is 64.7. The second-order valence-electron chi connectivity index (χ2n) is 10.6. The van der Waals surface area contributed by atoms with Crippen LogP contribution in [0.1, 0.15) is 52.9 Å². The molecule has 0 aromatic carbocycles. The van der Waals surface area contributed by atoms with E-state index in [4.69, 9.17) is 14.2 Å². The molecule has 2 aliphatic heterocycles. The van der Waals surface area contributed by atoms with Crippen molar-refractivity contribution in [1.82, 2.24) is 0 Å². The Bertz CT molecular complexity index is 646. The zero-order valence-electron chi connectivity index (χ0n) is 16.1. The molecule has 4 aliphatic carbocycles. The van der Waals surface area contributed by atoms with Crippen LogP contribution in [0.3, 0.4) is 0 Å². The monoisotopic (exact) mass is 364 g/mol. The molecule has 2 spiro atoms. The minimum absolute atomic E-state index is 0.0632. The van der Waals surface area contributed by atoms with Crippen molar-refractivity contribution in [3.05, 3.63) is 0 Å². The summed E-state index contributed by atoms with van der Waals surface area (Å²) in [5.74, 6) is 0.747. The number of aliphatic hydroxyl groups excluding tert-OH is 2. The van der Waals surface area contributed by atoms with E-state index in [1.54, 1.807) is 0 Å². The van der Waals surface area contributed by atoms with Crippen molar-refractivity contribution in [2.45, 2.75) is 82.6 Å². The van der Waals surface area contributed by atoms with Crippen LogP contribution in [-0.2, 0) is 14.2 Å². The van der Waals surface area contributed by atoms with Crippen molar-refractivity contribution < 1.29 is 24.4 Å². The van der Waals surface area contributed by atoms with E-state index in [1.165, 1.54) is 0 Å². The van der Waals surface area contributed by atoms with E-state index in [0.717, 1.165) is 32.1 Å². The lowest BCUT2D eigenvalue weighted by molar-refractivity contribution is -0.219. The van der Waals surface area contributed by atoms with Gasteiger partial charge in [0.1, 0.15) is 11.7 Å². The largest absolute Gasteiger partial charge is 0.393 e. The Kier molecular flexibility index (Phi) is 3.01. The maximum Gasteiger partial charge on any atom is 0.175 e. The molecular formula is C21H32O5. The van der Waals surface area contributed by atoms with E-state index in [-0.39, 0.29) is 34.6 Å². The van der Waals surface area contributed by atoms with Crippen molar-refractivity contribution in [1.29, 1.82) is 0 Å². The Hall–Kier alpha value is -0.200. The van der Waals surface area contributed by atoms with E-state index >= 15 is 0 Å². The first-order chi connectivity index (χ1) is 12.3. The maximum absolute atomic E-state index is 11.4. The van der Waals surface area contributed by atoms with Crippen LogP contribution in [0.15, 0.2) is 0 Å². The number of hydrogen-bond donors (Lipinski definition) is 2. The molecule has 0 bridgehead atoms. The summed E-state index contributed by atoms with van der Waals surface area (Å²) in [6.45, 7) is 8.10. The highest BCUT2D eigenvalue weighted by Gasteiger charge is 2.87. The lowest BCUT2D eigenvalue weighted by Crippen LogP contribution is -2.58. The fourth-order valence-corrected chi connectivity index (χ4v) is 8.96. The molecule has 6 aliphatic rings. The van der Waals surface area contributed by atoms with Crippen molar-refractivity contribution in [3.8, 4) is 0 Å². The number of hydrogen-bond acceptors (Lipinski definition) is 5. The van der Waals surface area contributed by atoms with E-state index in [0.29, 0.717) is 31.0 Å². The van der Waals surface area contributed by atoms with Crippen LogP contribution >= 0.6 is 0 Å². The van der Waals surface area contributed by atoms with Gasteiger partial charge in [-0.1, -0.05) is 13.8 Å². The van der Waals surface area contributed by atoms with Crippen LogP contribution in [0.25, 0.3) is 0 Å². The van der Waals surface area contributed by atoms with Crippen LogP contribution in [-0.4, -0.2) is 53.1 Å². The van der Waals surface area contributed by atoms with Gasteiger partial charge in [0, 0.05) is 11.8 Å². The number of aliphatic hydroxyl groups is 2. The molecule has 4 saturated carbocycles. The predicted molar refractivity (Wildman–Crippen MR) is 93.2 cm³/mol. The van der Waals surface area contributed by atoms with E-state index in [9.17, 15) is 10.2 Å². The van der Waals surface area contributed by atoms with Crippen molar-refractivity contribution in [2.24, 2.45) is 34.5 Å². The van der Waals surface area contributed by atoms with Gasteiger partial charge in [0.2, 0.25) is 0 Å². The van der Waals surface area contributed by atoms with Gasteiger partial charge in [0.05, 0.1) is 31.3 Å². The quantitative estimate of drug-likeness (QED) is 0.644. The van der Waals surface area contributed by atoms with Gasteiger partial charge in [-0.25, -0.2) is 0 Å². The molecule has 10 atom stereocenters. The van der Waals surface area contributed by atoms with Gasteiger partial charge in [0.25, 0.3) is 0 Å². The summed E-state index contributed by atoms with van der Waals surface area (Å²) in [7, 11) is 0. The number of rotatable bonds is 0. The Morgan fingerprint density at radius 1 is 1.00 bits per heavy atom. The van der Waals surface area contributed by atoms with Crippen molar-refractivity contribution in [3.63, 3.8) is 0 Å². The second-order valence-corrected chi connectivity index (χ2v) is 10.6. The first-order valence-electron chi connectivity index (χ1n) is 10.6. The minimum Gasteiger partial charge on any atom is -0.393 e. The highest BCUT2D eigenvalue weighted by molar-refractivity contribution is 5.33. The molecule has 146 valence electrons. The summed E-state index contributed by atoms with van der Waals surface area (Å²) in [6.07, 6.45) is 4.19. The van der Waals surface area contributed by atoms with Gasteiger partial charge >= 0.3 is 0 Å². The van der Waals surface area contributed by atoms with Crippen molar-refractivity contribution in [2.75, 3.05) is 13.2 Å². The Morgan fingerprint density at radius 3 is 2.46 bits per heavy atom. The third-order valence-corrected chi connectivity index (χ3v) is 9.94. The molecule has 1 unspecified atom stereocenters. The SMILES string of the molecule is C[C@@H]1[C@H]2CCC34[C@H](O)[C@@H]5O[C@]5(C)[C@H]3C3(C[C@H]4[C@]2(C)CC[C@@H]1O)OCCO3. The van der Waals surface area contributed by atoms with Crippen LogP contribution in [0.4, 0.5) is 0 Å². The fraction of sp³-hybridized carbons (Fsp3) is 1.00. The summed E-state index contributed by atoms with van der Waals surface area (Å²) in [6, 6.07) is 0. The summed E-state index contributed by atoms with van der Waals surface area (Å²) in [5, 5.41) is 21.9. The topological polar surface area (TPSA) is 71.5 Å². The molecule has 2 heterocycles. The van der Waals surface area contributed by atoms with Gasteiger partial charge in [-0.2, -0.15) is 0 Å². The van der Waals surface area contributed by atoms with Gasteiger partial charge in [-0.15, -0.1) is 0 Å². The average Bonchev–Trinajstić information content (AvgIpc) is 2.94. The molecule has 2 saturated heterocycles. The van der Waals surface area contributed by atoms with Gasteiger partial charge in [-0.05, 0) is 55.8 Å². The Balaban J connectivity index is 1.50. The maximum atomic E-state index is 11.4. The van der Waals surface area contributed by atoms with Crippen LogP contribution < -0.4 is 0 Å². The third-order valence-electron chi connectivity index (χ3n) is 9.94. The summed E-state index contributed by atoms with van der Waals surface area (Å²) in [4.78, 5) is 0. The molecule has 0 aromatic rings. The van der Waals surface area contributed by atoms with Gasteiger partial charge < -0.3 is 24.4 Å². The molecule has 0 aromatic heterocycles. The predicted octanol–water partition coefficient (Wildman–Crippen LogP) is 2.09. The van der Waals surface area contributed by atoms with Gasteiger partial charge in [0.15, 0.2) is 5.79 Å².